The van der Waals surface area contributed by atoms with Crippen LogP contribution in [0.25, 0.3) is 10.4 Å². The Morgan fingerprint density at radius 2 is 1.24 bits per heavy atom. The van der Waals surface area contributed by atoms with Crippen molar-refractivity contribution in [2.24, 2.45) is 0 Å². The fourth-order valence-corrected chi connectivity index (χ4v) is 3.64. The van der Waals surface area contributed by atoms with Crippen LogP contribution in [-0.4, -0.2) is 19.5 Å². The van der Waals surface area contributed by atoms with Crippen molar-refractivity contribution in [1.82, 2.24) is 9.97 Å². The number of allylic oxidation sites excluding steroid dienone is 2. The highest BCUT2D eigenvalue weighted by Crippen LogP contribution is 2.24. The smallest absolute Gasteiger partial charge is 0.0931 e. The maximum absolute atomic E-state index is 4.40. The summed E-state index contributed by atoms with van der Waals surface area (Å²) in [7, 11) is -0.428. The molecule has 0 N–H and O–H groups in total. The van der Waals surface area contributed by atoms with Crippen molar-refractivity contribution in [3.8, 4) is 0 Å². The average Bonchev–Trinajstić information content (AvgIpc) is 2.90. The standard InChI is InChI=1S/C14H12N2Si/c1-3-9-15-11(5-1)13-7-8-14(17-13)12-6-2-4-10-16-12/h1-10H,17H2. The first-order chi connectivity index (χ1) is 8.43. The van der Waals surface area contributed by atoms with Gasteiger partial charge in [-0.1, -0.05) is 24.3 Å². The summed E-state index contributed by atoms with van der Waals surface area (Å²) in [6.07, 6.45) is 8.09. The minimum absolute atomic E-state index is 0.428. The van der Waals surface area contributed by atoms with Crippen LogP contribution in [-0.2, 0) is 0 Å². The van der Waals surface area contributed by atoms with Crippen molar-refractivity contribution >= 4 is 19.9 Å². The molecule has 3 heterocycles. The lowest BCUT2D eigenvalue weighted by atomic mass is 10.3. The van der Waals surface area contributed by atoms with E-state index >= 15 is 0 Å². The van der Waals surface area contributed by atoms with Gasteiger partial charge in [0.05, 0.1) is 20.9 Å². The van der Waals surface area contributed by atoms with Gasteiger partial charge in [0.15, 0.2) is 0 Å². The van der Waals surface area contributed by atoms with Gasteiger partial charge >= 0.3 is 0 Å². The third-order valence-electron chi connectivity index (χ3n) is 2.85. The summed E-state index contributed by atoms with van der Waals surface area (Å²) in [5.74, 6) is 0. The van der Waals surface area contributed by atoms with Crippen LogP contribution >= 0.6 is 0 Å². The Morgan fingerprint density at radius 3 is 1.65 bits per heavy atom. The van der Waals surface area contributed by atoms with Crippen LogP contribution < -0.4 is 0 Å². The van der Waals surface area contributed by atoms with Gasteiger partial charge in [-0.15, -0.1) is 0 Å². The third-order valence-corrected chi connectivity index (χ3v) is 4.81. The Morgan fingerprint density at radius 1 is 0.706 bits per heavy atom. The van der Waals surface area contributed by atoms with Crippen LogP contribution in [0.4, 0.5) is 0 Å². The molecule has 0 saturated heterocycles. The van der Waals surface area contributed by atoms with E-state index in [1.54, 1.807) is 0 Å². The average molecular weight is 236 g/mol. The Kier molecular flexibility index (Phi) is 2.67. The van der Waals surface area contributed by atoms with Crippen LogP contribution in [0.2, 0.25) is 0 Å². The van der Waals surface area contributed by atoms with Crippen LogP contribution in [0.5, 0.6) is 0 Å². The molecule has 1 aliphatic rings. The molecular formula is C14H12N2Si. The van der Waals surface area contributed by atoms with Crippen molar-refractivity contribution in [2.75, 3.05) is 0 Å². The molecular weight excluding hydrogens is 224 g/mol. The summed E-state index contributed by atoms with van der Waals surface area (Å²) in [4.78, 5) is 8.80. The molecule has 0 radical (unpaired) electrons. The first-order valence-corrected chi connectivity index (χ1v) is 7.07. The van der Waals surface area contributed by atoms with Crippen LogP contribution in [0.3, 0.4) is 0 Å². The molecule has 0 fully saturated rings. The predicted octanol–water partition coefficient (Wildman–Crippen LogP) is 2.04. The Labute approximate surface area is 103 Å². The van der Waals surface area contributed by atoms with E-state index in [4.69, 9.17) is 0 Å². The zero-order valence-corrected chi connectivity index (χ0v) is 10.8. The van der Waals surface area contributed by atoms with E-state index in [0.29, 0.717) is 0 Å². The van der Waals surface area contributed by atoms with Gasteiger partial charge in [0.1, 0.15) is 0 Å². The minimum Gasteiger partial charge on any atom is -0.257 e. The lowest BCUT2D eigenvalue weighted by molar-refractivity contribution is 1.29. The fourth-order valence-electron chi connectivity index (χ4n) is 1.98. The van der Waals surface area contributed by atoms with E-state index in [-0.39, 0.29) is 0 Å². The van der Waals surface area contributed by atoms with Gasteiger partial charge in [-0.2, -0.15) is 0 Å². The summed E-state index contributed by atoms with van der Waals surface area (Å²) < 4.78 is 0. The lowest BCUT2D eigenvalue weighted by Gasteiger charge is -2.03. The van der Waals surface area contributed by atoms with E-state index in [9.17, 15) is 0 Å². The van der Waals surface area contributed by atoms with E-state index in [2.05, 4.69) is 34.3 Å². The van der Waals surface area contributed by atoms with Crippen molar-refractivity contribution in [1.29, 1.82) is 0 Å². The SMILES string of the molecule is C1=C(c2ccccn2)[SiH2]C(c2ccccn2)=C1. The van der Waals surface area contributed by atoms with Gasteiger partial charge in [-0.05, 0) is 34.7 Å². The second-order valence-corrected chi connectivity index (χ2v) is 5.87. The second-order valence-electron chi connectivity index (χ2n) is 3.99. The predicted molar refractivity (Wildman–Crippen MR) is 73.0 cm³/mol. The zero-order valence-electron chi connectivity index (χ0n) is 9.38. The molecule has 0 saturated carbocycles. The first-order valence-electron chi connectivity index (χ1n) is 5.66. The zero-order chi connectivity index (χ0) is 11.5. The Bertz CT molecular complexity index is 520. The molecule has 2 aromatic heterocycles. The summed E-state index contributed by atoms with van der Waals surface area (Å²) in [5.41, 5.74) is 2.22. The molecule has 82 valence electrons. The number of rotatable bonds is 2. The Hall–Kier alpha value is -2.00. The molecule has 3 rings (SSSR count). The lowest BCUT2D eigenvalue weighted by Crippen LogP contribution is -1.98. The topological polar surface area (TPSA) is 25.8 Å². The number of aromatic nitrogens is 2. The molecule has 17 heavy (non-hydrogen) atoms. The van der Waals surface area contributed by atoms with Gasteiger partial charge in [0.25, 0.3) is 0 Å². The van der Waals surface area contributed by atoms with Crippen LogP contribution in [0, 0.1) is 0 Å². The highest BCUT2D eigenvalue weighted by Gasteiger charge is 2.13. The molecule has 1 aliphatic heterocycles. The highest BCUT2D eigenvalue weighted by molar-refractivity contribution is 6.79. The molecule has 3 heteroatoms. The number of hydrogen-bond acceptors (Lipinski definition) is 2. The van der Waals surface area contributed by atoms with Gasteiger partial charge in [-0.3, -0.25) is 9.97 Å². The Balaban J connectivity index is 1.81. The van der Waals surface area contributed by atoms with Crippen molar-refractivity contribution in [2.45, 2.75) is 0 Å². The molecule has 0 amide bonds. The normalized spacial score (nSPS) is 14.4. The molecule has 2 aromatic rings. The summed E-state index contributed by atoms with van der Waals surface area (Å²) in [6.45, 7) is 0. The van der Waals surface area contributed by atoms with Gasteiger partial charge in [0, 0.05) is 12.4 Å². The van der Waals surface area contributed by atoms with E-state index < -0.39 is 9.52 Å². The number of pyridine rings is 2. The molecule has 0 unspecified atom stereocenters. The fraction of sp³-hybridized carbons (Fsp3) is 0. The van der Waals surface area contributed by atoms with E-state index in [0.717, 1.165) is 11.4 Å². The third kappa shape index (κ3) is 2.10. The van der Waals surface area contributed by atoms with Crippen LogP contribution in [0.1, 0.15) is 11.4 Å². The minimum atomic E-state index is -0.428. The number of nitrogens with zero attached hydrogens (tertiary/aromatic N) is 2. The molecule has 2 nitrogen and oxygen atoms in total. The van der Waals surface area contributed by atoms with Gasteiger partial charge in [0.2, 0.25) is 0 Å². The number of hydrogen-bond donors (Lipinski definition) is 0. The monoisotopic (exact) mass is 236 g/mol. The maximum Gasteiger partial charge on any atom is 0.0931 e. The molecule has 0 aliphatic carbocycles. The summed E-state index contributed by atoms with van der Waals surface area (Å²) in [5, 5.41) is 2.79. The maximum atomic E-state index is 4.40. The highest BCUT2D eigenvalue weighted by atomic mass is 28.2. The molecule has 0 spiro atoms. The van der Waals surface area contributed by atoms with Crippen molar-refractivity contribution in [3.63, 3.8) is 0 Å². The summed E-state index contributed by atoms with van der Waals surface area (Å²) >= 11 is 0. The quantitative estimate of drug-likeness (QED) is 0.746. The van der Waals surface area contributed by atoms with Crippen molar-refractivity contribution < 1.29 is 0 Å². The van der Waals surface area contributed by atoms with E-state index in [1.165, 1.54) is 10.4 Å². The van der Waals surface area contributed by atoms with Gasteiger partial charge < -0.3 is 0 Å². The van der Waals surface area contributed by atoms with Crippen LogP contribution in [0.15, 0.2) is 60.9 Å². The first kappa shape index (κ1) is 10.2. The largest absolute Gasteiger partial charge is 0.257 e. The molecule has 0 aromatic carbocycles. The van der Waals surface area contributed by atoms with Crippen molar-refractivity contribution in [3.05, 3.63) is 72.3 Å². The molecule has 0 bridgehead atoms. The van der Waals surface area contributed by atoms with Gasteiger partial charge in [-0.25, -0.2) is 0 Å². The summed E-state index contributed by atoms with van der Waals surface area (Å²) in [6, 6.07) is 12.1. The second kappa shape index (κ2) is 4.47. The van der Waals surface area contributed by atoms with E-state index in [1.807, 2.05) is 36.7 Å². The molecule has 0 atom stereocenters.